The first-order chi connectivity index (χ1) is 15.2. The van der Waals surface area contributed by atoms with Crippen LogP contribution in [0.25, 0.3) is 16.8 Å². The summed E-state index contributed by atoms with van der Waals surface area (Å²) in [4.78, 5) is 17.0. The van der Waals surface area contributed by atoms with Crippen molar-refractivity contribution in [1.82, 2.24) is 20.1 Å². The lowest BCUT2D eigenvalue weighted by Gasteiger charge is -2.15. The molecule has 0 saturated carbocycles. The van der Waals surface area contributed by atoms with E-state index in [1.807, 2.05) is 24.3 Å². The van der Waals surface area contributed by atoms with Crippen LogP contribution in [-0.4, -0.2) is 33.3 Å². The quantitative estimate of drug-likeness (QED) is 0.539. The highest BCUT2D eigenvalue weighted by Crippen LogP contribution is 2.39. The number of hydrogen-bond donors (Lipinski definition) is 1. The molecule has 2 aromatic carbocycles. The zero-order valence-electron chi connectivity index (χ0n) is 16.5. The van der Waals surface area contributed by atoms with Crippen LogP contribution >= 0.6 is 0 Å². The van der Waals surface area contributed by atoms with Gasteiger partial charge in [-0.25, -0.2) is 9.07 Å². The van der Waals surface area contributed by atoms with Gasteiger partial charge in [-0.2, -0.15) is 5.10 Å². The number of fused-ring (bicyclic) bond motifs is 1. The average Bonchev–Trinajstić information content (AvgIpc) is 3.47. The Bertz CT molecular complexity index is 1230. The molecule has 0 bridgehead atoms. The Balaban J connectivity index is 1.32. The summed E-state index contributed by atoms with van der Waals surface area (Å²) < 4.78 is 22.0. The van der Waals surface area contributed by atoms with Gasteiger partial charge in [-0.15, -0.1) is 0 Å². The van der Waals surface area contributed by atoms with E-state index in [0.29, 0.717) is 35.5 Å². The van der Waals surface area contributed by atoms with Crippen LogP contribution in [0.1, 0.15) is 15.9 Å². The highest BCUT2D eigenvalue weighted by atomic mass is 19.1. The van der Waals surface area contributed by atoms with E-state index in [2.05, 4.69) is 15.4 Å². The SMILES string of the molecule is O=C(NCC1Cc2cc(F)cc(-c3cccnc3)c2O1)c1ccccc1-n1cccn1. The van der Waals surface area contributed by atoms with Gasteiger partial charge in [0, 0.05) is 47.9 Å². The van der Waals surface area contributed by atoms with Gasteiger partial charge in [-0.05, 0) is 36.4 Å². The second-order valence-electron chi connectivity index (χ2n) is 7.31. The minimum atomic E-state index is -0.320. The van der Waals surface area contributed by atoms with Crippen molar-refractivity contribution in [2.75, 3.05) is 6.54 Å². The Kier molecular flexibility index (Phi) is 4.92. The van der Waals surface area contributed by atoms with E-state index >= 15 is 0 Å². The smallest absolute Gasteiger partial charge is 0.253 e. The van der Waals surface area contributed by atoms with Gasteiger partial charge in [0.15, 0.2) is 0 Å². The standard InChI is InChI=1S/C24H19FN4O2/c25-18-11-17-12-19(31-23(17)21(13-18)16-5-3-8-26-14-16)15-27-24(30)20-6-1-2-7-22(20)29-10-4-9-28-29/h1-11,13-14,19H,12,15H2,(H,27,30). The Morgan fingerprint density at radius 1 is 1.16 bits per heavy atom. The molecular formula is C24H19FN4O2. The summed E-state index contributed by atoms with van der Waals surface area (Å²) in [5, 5.41) is 7.15. The molecular weight excluding hydrogens is 395 g/mol. The van der Waals surface area contributed by atoms with Gasteiger partial charge in [-0.3, -0.25) is 9.78 Å². The minimum absolute atomic E-state index is 0.218. The number of pyridine rings is 1. The monoisotopic (exact) mass is 414 g/mol. The van der Waals surface area contributed by atoms with Crippen LogP contribution in [0, 0.1) is 5.82 Å². The van der Waals surface area contributed by atoms with Crippen molar-refractivity contribution in [1.29, 1.82) is 0 Å². The summed E-state index contributed by atoms with van der Waals surface area (Å²) in [7, 11) is 0. The molecule has 1 amide bonds. The second-order valence-corrected chi connectivity index (χ2v) is 7.31. The fourth-order valence-electron chi connectivity index (χ4n) is 3.82. The third-order valence-corrected chi connectivity index (χ3v) is 5.23. The van der Waals surface area contributed by atoms with Crippen LogP contribution in [0.3, 0.4) is 0 Å². The van der Waals surface area contributed by atoms with Gasteiger partial charge >= 0.3 is 0 Å². The molecule has 6 nitrogen and oxygen atoms in total. The van der Waals surface area contributed by atoms with Gasteiger partial charge in [-0.1, -0.05) is 18.2 Å². The molecule has 0 spiro atoms. The van der Waals surface area contributed by atoms with Crippen molar-refractivity contribution in [2.24, 2.45) is 0 Å². The van der Waals surface area contributed by atoms with Crippen molar-refractivity contribution in [3.05, 3.63) is 96.3 Å². The molecule has 7 heteroatoms. The maximum Gasteiger partial charge on any atom is 0.253 e. The third kappa shape index (κ3) is 3.77. The molecule has 1 atom stereocenters. The van der Waals surface area contributed by atoms with Gasteiger partial charge < -0.3 is 10.1 Å². The number of nitrogens with one attached hydrogen (secondary N) is 1. The van der Waals surface area contributed by atoms with Gasteiger partial charge in [0.25, 0.3) is 5.91 Å². The summed E-state index contributed by atoms with van der Waals surface area (Å²) >= 11 is 0. The zero-order valence-corrected chi connectivity index (χ0v) is 16.5. The number of halogens is 1. The molecule has 5 rings (SSSR count). The second kappa shape index (κ2) is 8.02. The molecule has 1 N–H and O–H groups in total. The molecule has 31 heavy (non-hydrogen) atoms. The highest BCUT2D eigenvalue weighted by molar-refractivity contribution is 5.97. The Hall–Kier alpha value is -4.00. The predicted molar refractivity (Wildman–Crippen MR) is 114 cm³/mol. The van der Waals surface area contributed by atoms with Crippen molar-refractivity contribution in [3.8, 4) is 22.6 Å². The summed E-state index contributed by atoms with van der Waals surface area (Å²) in [6, 6.07) is 15.7. The van der Waals surface area contributed by atoms with Crippen LogP contribution in [0.15, 0.2) is 79.4 Å². The number of carbonyl (C=O) groups is 1. The summed E-state index contributed by atoms with van der Waals surface area (Å²) in [6.45, 7) is 0.301. The Labute approximate surface area is 178 Å². The van der Waals surface area contributed by atoms with Gasteiger partial charge in [0.1, 0.15) is 17.7 Å². The normalized spacial score (nSPS) is 14.7. The number of amides is 1. The third-order valence-electron chi connectivity index (χ3n) is 5.23. The van der Waals surface area contributed by atoms with E-state index in [1.165, 1.54) is 12.1 Å². The highest BCUT2D eigenvalue weighted by Gasteiger charge is 2.27. The Morgan fingerprint density at radius 2 is 2.06 bits per heavy atom. The van der Waals surface area contributed by atoms with Crippen molar-refractivity contribution in [3.63, 3.8) is 0 Å². The average molecular weight is 414 g/mol. The van der Waals surface area contributed by atoms with Crippen molar-refractivity contribution in [2.45, 2.75) is 12.5 Å². The maximum absolute atomic E-state index is 14.2. The predicted octanol–water partition coefficient (Wildman–Crippen LogP) is 3.81. The van der Waals surface area contributed by atoms with Gasteiger partial charge in [0.2, 0.25) is 0 Å². The molecule has 0 radical (unpaired) electrons. The van der Waals surface area contributed by atoms with Crippen LogP contribution in [0.4, 0.5) is 4.39 Å². The number of ether oxygens (including phenoxy) is 1. The summed E-state index contributed by atoms with van der Waals surface area (Å²) in [5.74, 6) is 0.106. The van der Waals surface area contributed by atoms with E-state index in [9.17, 15) is 9.18 Å². The zero-order chi connectivity index (χ0) is 21.2. The number of rotatable bonds is 5. The fraction of sp³-hybridized carbons (Fsp3) is 0.125. The molecule has 0 fully saturated rings. The lowest BCUT2D eigenvalue weighted by molar-refractivity contribution is 0.0933. The lowest BCUT2D eigenvalue weighted by atomic mass is 10.0. The first-order valence-electron chi connectivity index (χ1n) is 9.96. The molecule has 0 saturated heterocycles. The number of benzene rings is 2. The lowest BCUT2D eigenvalue weighted by Crippen LogP contribution is -2.35. The molecule has 1 aliphatic heterocycles. The van der Waals surface area contributed by atoms with Crippen LogP contribution in [-0.2, 0) is 6.42 Å². The van der Waals surface area contributed by atoms with E-state index in [4.69, 9.17) is 4.74 Å². The molecule has 3 heterocycles. The molecule has 1 aliphatic rings. The van der Waals surface area contributed by atoms with Crippen molar-refractivity contribution >= 4 is 5.91 Å². The first kappa shape index (κ1) is 19.0. The molecule has 4 aromatic rings. The minimum Gasteiger partial charge on any atom is -0.487 e. The summed E-state index contributed by atoms with van der Waals surface area (Å²) in [6.07, 6.45) is 7.03. The van der Waals surface area contributed by atoms with Crippen LogP contribution < -0.4 is 10.1 Å². The van der Waals surface area contributed by atoms with E-state index in [0.717, 1.165) is 11.1 Å². The molecule has 154 valence electrons. The van der Waals surface area contributed by atoms with E-state index in [1.54, 1.807) is 47.7 Å². The van der Waals surface area contributed by atoms with Gasteiger partial charge in [0.05, 0.1) is 17.8 Å². The topological polar surface area (TPSA) is 69.0 Å². The van der Waals surface area contributed by atoms with Crippen molar-refractivity contribution < 1.29 is 13.9 Å². The maximum atomic E-state index is 14.2. The molecule has 2 aromatic heterocycles. The largest absolute Gasteiger partial charge is 0.487 e. The number of aromatic nitrogens is 3. The molecule has 1 unspecified atom stereocenters. The molecule has 0 aliphatic carbocycles. The number of hydrogen-bond acceptors (Lipinski definition) is 4. The van der Waals surface area contributed by atoms with Crippen LogP contribution in [0.2, 0.25) is 0 Å². The van der Waals surface area contributed by atoms with Crippen LogP contribution in [0.5, 0.6) is 5.75 Å². The number of carbonyl (C=O) groups excluding carboxylic acids is 1. The fourth-order valence-corrected chi connectivity index (χ4v) is 3.82. The Morgan fingerprint density at radius 3 is 2.87 bits per heavy atom. The van der Waals surface area contributed by atoms with E-state index < -0.39 is 0 Å². The number of nitrogens with zero attached hydrogens (tertiary/aromatic N) is 3. The first-order valence-corrected chi connectivity index (χ1v) is 9.96. The van der Waals surface area contributed by atoms with E-state index in [-0.39, 0.29) is 17.8 Å². The number of para-hydroxylation sites is 1. The summed E-state index contributed by atoms with van der Waals surface area (Å²) in [5.41, 5.74) is 3.46.